The first-order valence-corrected chi connectivity index (χ1v) is 8.71. The van der Waals surface area contributed by atoms with Crippen LogP contribution in [0.25, 0.3) is 0 Å². The molecule has 1 aliphatic rings. The maximum absolute atomic E-state index is 11.8. The van der Waals surface area contributed by atoms with E-state index < -0.39 is 0 Å². The van der Waals surface area contributed by atoms with E-state index in [0.29, 0.717) is 18.3 Å². The summed E-state index contributed by atoms with van der Waals surface area (Å²) in [5.41, 5.74) is 1.11. The van der Waals surface area contributed by atoms with Crippen LogP contribution in [-0.4, -0.2) is 29.5 Å². The number of ether oxygens (including phenoxy) is 1. The molecule has 0 aliphatic carbocycles. The smallest absolute Gasteiger partial charge is 0.239 e. The number of amides is 1. The minimum Gasteiger partial charge on any atom is -0.381 e. The number of aliphatic imine (C=N–C) groups is 1. The molecule has 2 rings (SSSR count). The number of thioether (sulfide) groups is 1. The number of halogens is 1. The molecule has 1 aromatic carbocycles. The van der Waals surface area contributed by atoms with Gasteiger partial charge in [-0.05, 0) is 24.5 Å². The van der Waals surface area contributed by atoms with E-state index in [2.05, 4.69) is 33.2 Å². The highest BCUT2D eigenvalue weighted by atomic mass is 79.9. The third kappa shape index (κ3) is 5.13. The van der Waals surface area contributed by atoms with Crippen molar-refractivity contribution in [3.63, 3.8) is 0 Å². The number of hydrogen-bond acceptors (Lipinski definition) is 4. The Morgan fingerprint density at radius 2 is 2.19 bits per heavy atom. The lowest BCUT2D eigenvalue weighted by molar-refractivity contribution is -0.119. The Labute approximate surface area is 137 Å². The van der Waals surface area contributed by atoms with Crippen LogP contribution in [0.15, 0.2) is 33.7 Å². The van der Waals surface area contributed by atoms with E-state index in [1.54, 1.807) is 0 Å². The van der Waals surface area contributed by atoms with Crippen LogP contribution in [0.1, 0.15) is 25.3 Å². The van der Waals surface area contributed by atoms with Crippen molar-refractivity contribution in [3.05, 3.63) is 34.3 Å². The minimum atomic E-state index is -0.0835. The summed E-state index contributed by atoms with van der Waals surface area (Å²) in [6, 6.07) is 7.96. The molecule has 1 N–H and O–H groups in total. The van der Waals surface area contributed by atoms with Gasteiger partial charge >= 0.3 is 0 Å². The fraction of sp³-hybridized carbons (Fsp3) is 0.467. The van der Waals surface area contributed by atoms with Crippen LogP contribution in [0.4, 0.5) is 0 Å². The van der Waals surface area contributed by atoms with Crippen LogP contribution < -0.4 is 5.32 Å². The number of carbonyl (C=O) groups excluding carboxylic acids is 1. The third-order valence-electron chi connectivity index (χ3n) is 3.00. The number of hydrogen-bond donors (Lipinski definition) is 1. The molecule has 0 radical (unpaired) electrons. The molecule has 21 heavy (non-hydrogen) atoms. The van der Waals surface area contributed by atoms with E-state index in [0.717, 1.165) is 29.5 Å². The lowest BCUT2D eigenvalue weighted by Gasteiger charge is -2.05. The van der Waals surface area contributed by atoms with E-state index in [-0.39, 0.29) is 11.2 Å². The van der Waals surface area contributed by atoms with Crippen molar-refractivity contribution in [2.24, 2.45) is 4.99 Å². The first kappa shape index (κ1) is 16.5. The maximum Gasteiger partial charge on any atom is 0.239 e. The fourth-order valence-electron chi connectivity index (χ4n) is 1.89. The molecule has 6 heteroatoms. The van der Waals surface area contributed by atoms with Gasteiger partial charge in [-0.25, -0.2) is 0 Å². The molecule has 1 heterocycles. The molecule has 1 fully saturated rings. The molecule has 114 valence electrons. The molecule has 1 saturated heterocycles. The number of nitrogens with one attached hydrogen (secondary N) is 1. The molecule has 1 aliphatic heterocycles. The lowest BCUT2D eigenvalue weighted by atomic mass is 10.2. The van der Waals surface area contributed by atoms with Gasteiger partial charge in [0.15, 0.2) is 5.17 Å². The first-order valence-electron chi connectivity index (χ1n) is 7.04. The summed E-state index contributed by atoms with van der Waals surface area (Å²) in [7, 11) is 0. The molecular weight excluding hydrogens is 352 g/mol. The predicted molar refractivity (Wildman–Crippen MR) is 90.5 cm³/mol. The molecule has 0 bridgehead atoms. The zero-order chi connectivity index (χ0) is 15.1. The summed E-state index contributed by atoms with van der Waals surface area (Å²) in [6.07, 6.45) is 1.73. The molecule has 1 unspecified atom stereocenters. The number of amidine groups is 1. The zero-order valence-electron chi connectivity index (χ0n) is 12.0. The van der Waals surface area contributed by atoms with Gasteiger partial charge in [-0.3, -0.25) is 9.79 Å². The van der Waals surface area contributed by atoms with Crippen LogP contribution in [-0.2, 0) is 16.1 Å². The van der Waals surface area contributed by atoms with Gasteiger partial charge in [0.1, 0.15) is 0 Å². The van der Waals surface area contributed by atoms with Crippen molar-refractivity contribution in [3.8, 4) is 0 Å². The first-order chi connectivity index (χ1) is 10.2. The van der Waals surface area contributed by atoms with Crippen molar-refractivity contribution < 1.29 is 9.53 Å². The second-order valence-electron chi connectivity index (χ2n) is 4.71. The van der Waals surface area contributed by atoms with Crippen molar-refractivity contribution >= 4 is 38.8 Å². The van der Waals surface area contributed by atoms with E-state index in [4.69, 9.17) is 4.74 Å². The molecule has 1 amide bonds. The van der Waals surface area contributed by atoms with E-state index >= 15 is 0 Å². The Kier molecular flexibility index (Phi) is 6.73. The highest BCUT2D eigenvalue weighted by molar-refractivity contribution is 9.10. The predicted octanol–water partition coefficient (Wildman–Crippen LogP) is 3.35. The van der Waals surface area contributed by atoms with Crippen LogP contribution in [0, 0.1) is 0 Å². The summed E-state index contributed by atoms with van der Waals surface area (Å²) in [5.74, 6) is 0.0333. The third-order valence-corrected chi connectivity index (χ3v) is 4.96. The molecule has 0 spiro atoms. The highest BCUT2D eigenvalue weighted by Crippen LogP contribution is 2.23. The molecular formula is C15H19BrN2O2S. The second-order valence-corrected chi connectivity index (χ2v) is 6.76. The fourth-order valence-corrected chi connectivity index (χ4v) is 3.25. The lowest BCUT2D eigenvalue weighted by Crippen LogP contribution is -2.25. The molecule has 1 atom stereocenters. The monoisotopic (exact) mass is 370 g/mol. The maximum atomic E-state index is 11.8. The summed E-state index contributed by atoms with van der Waals surface area (Å²) >= 11 is 4.99. The zero-order valence-corrected chi connectivity index (χ0v) is 14.4. The molecule has 1 aromatic rings. The second kappa shape index (κ2) is 8.56. The van der Waals surface area contributed by atoms with E-state index in [1.807, 2.05) is 24.3 Å². The van der Waals surface area contributed by atoms with Crippen molar-refractivity contribution in [2.75, 3.05) is 13.2 Å². The summed E-state index contributed by atoms with van der Waals surface area (Å²) in [6.45, 7) is 4.00. The summed E-state index contributed by atoms with van der Waals surface area (Å²) in [5, 5.41) is 3.46. The Morgan fingerprint density at radius 3 is 2.95 bits per heavy atom. The highest BCUT2D eigenvalue weighted by Gasteiger charge is 2.29. The van der Waals surface area contributed by atoms with E-state index in [1.165, 1.54) is 11.8 Å². The molecule has 4 nitrogen and oxygen atoms in total. The standard InChI is InChI=1S/C15H19BrN2O2S/c1-2-8-20-9-7-13-14(19)18-15(21-13)17-10-11-5-3-4-6-12(11)16/h3-6,13H,2,7-10H2,1H3,(H,17,18,19). The van der Waals surface area contributed by atoms with Gasteiger partial charge in [0, 0.05) is 17.7 Å². The quantitative estimate of drug-likeness (QED) is 0.748. The van der Waals surface area contributed by atoms with Gasteiger partial charge in [-0.15, -0.1) is 0 Å². The minimum absolute atomic E-state index is 0.0333. The van der Waals surface area contributed by atoms with Crippen molar-refractivity contribution in [2.45, 2.75) is 31.6 Å². The normalized spacial score (nSPS) is 20.0. The Bertz CT molecular complexity index is 522. The number of rotatable bonds is 7. The summed E-state index contributed by atoms with van der Waals surface area (Å²) < 4.78 is 6.47. The number of nitrogens with zero attached hydrogens (tertiary/aromatic N) is 1. The van der Waals surface area contributed by atoms with Gasteiger partial charge in [0.2, 0.25) is 5.91 Å². The molecule has 0 aromatic heterocycles. The van der Waals surface area contributed by atoms with Gasteiger partial charge in [-0.1, -0.05) is 52.8 Å². The van der Waals surface area contributed by atoms with E-state index in [9.17, 15) is 4.79 Å². The Balaban J connectivity index is 1.84. The Morgan fingerprint density at radius 1 is 1.38 bits per heavy atom. The number of carbonyl (C=O) groups is 1. The molecule has 0 saturated carbocycles. The van der Waals surface area contributed by atoms with Crippen LogP contribution in [0.5, 0.6) is 0 Å². The van der Waals surface area contributed by atoms with Crippen LogP contribution in [0.2, 0.25) is 0 Å². The van der Waals surface area contributed by atoms with Gasteiger partial charge in [-0.2, -0.15) is 0 Å². The van der Waals surface area contributed by atoms with Gasteiger partial charge in [0.05, 0.1) is 11.8 Å². The van der Waals surface area contributed by atoms with Crippen LogP contribution >= 0.6 is 27.7 Å². The largest absolute Gasteiger partial charge is 0.381 e. The number of benzene rings is 1. The average molecular weight is 371 g/mol. The van der Waals surface area contributed by atoms with Gasteiger partial charge < -0.3 is 10.1 Å². The summed E-state index contributed by atoms with van der Waals surface area (Å²) in [4.78, 5) is 16.3. The average Bonchev–Trinajstić information content (AvgIpc) is 2.83. The Hall–Kier alpha value is -0.850. The van der Waals surface area contributed by atoms with Crippen molar-refractivity contribution in [1.29, 1.82) is 0 Å². The van der Waals surface area contributed by atoms with Crippen LogP contribution in [0.3, 0.4) is 0 Å². The SMILES string of the molecule is CCCOCCC1SC(=NCc2ccccc2Br)NC1=O. The van der Waals surface area contributed by atoms with Crippen molar-refractivity contribution in [1.82, 2.24) is 5.32 Å². The topological polar surface area (TPSA) is 50.7 Å². The van der Waals surface area contributed by atoms with Gasteiger partial charge in [0.25, 0.3) is 0 Å².